The molecule has 9 N–H and O–H groups in total. The molecule has 1 aromatic carbocycles. The number of carbonyl (C=O) groups is 2. The Morgan fingerprint density at radius 2 is 1.13 bits per heavy atom. The van der Waals surface area contributed by atoms with E-state index in [1.165, 1.54) is 28.4 Å². The van der Waals surface area contributed by atoms with Crippen molar-refractivity contribution < 1.29 is 98.7 Å². The van der Waals surface area contributed by atoms with E-state index in [2.05, 4.69) is 9.05 Å². The summed E-state index contributed by atoms with van der Waals surface area (Å²) in [7, 11) is -1.31. The number of carbonyl (C=O) groups excluding carboxylic acids is 2. The minimum absolute atomic E-state index is 0. The van der Waals surface area contributed by atoms with E-state index in [0.29, 0.717) is 6.41 Å². The van der Waals surface area contributed by atoms with Gasteiger partial charge in [0.2, 0.25) is 12.8 Å². The van der Waals surface area contributed by atoms with Crippen molar-refractivity contribution in [1.82, 2.24) is 10.1 Å². The summed E-state index contributed by atoms with van der Waals surface area (Å²) in [5.74, 6) is 0. The maximum absolute atomic E-state index is 11.9. The van der Waals surface area contributed by atoms with Crippen molar-refractivity contribution in [2.45, 2.75) is 56.7 Å². The van der Waals surface area contributed by atoms with Crippen LogP contribution >= 0.6 is 15.2 Å². The molecule has 0 aliphatic carbocycles. The van der Waals surface area contributed by atoms with Crippen LogP contribution in [0.5, 0.6) is 0 Å². The molecule has 0 unspecified atom stereocenters. The van der Waals surface area contributed by atoms with Gasteiger partial charge in [-0.15, -0.1) is 0 Å². The van der Waals surface area contributed by atoms with Crippen LogP contribution in [0.15, 0.2) is 30.3 Å². The van der Waals surface area contributed by atoms with Gasteiger partial charge in [-0.2, -0.15) is 0 Å². The van der Waals surface area contributed by atoms with Crippen molar-refractivity contribution in [3.05, 3.63) is 35.9 Å². The maximum atomic E-state index is 11.9. The third-order valence-corrected chi connectivity index (χ3v) is 9.78. The molecule has 276 valence electrons. The smallest absolute Gasteiger partial charge is 0.330 e. The molecule has 0 aliphatic heterocycles. The molecule has 0 aromatic heterocycles. The summed E-state index contributed by atoms with van der Waals surface area (Å²) in [6, 6.07) is 9.29. The van der Waals surface area contributed by atoms with E-state index in [1.54, 1.807) is 0 Å². The zero-order valence-electron chi connectivity index (χ0n) is 26.2. The van der Waals surface area contributed by atoms with E-state index < -0.39 is 39.6 Å². The maximum Gasteiger partial charge on any atom is 0.330 e. The molecule has 2 amide bonds. The van der Waals surface area contributed by atoms with Crippen molar-refractivity contribution in [3.63, 3.8) is 0 Å². The van der Waals surface area contributed by atoms with Gasteiger partial charge in [0.05, 0.1) is 49.8 Å². The number of aliphatic hydroxyl groups excluding tert-OH is 4. The molecule has 0 heterocycles. The van der Waals surface area contributed by atoms with Gasteiger partial charge >= 0.3 is 15.2 Å². The Labute approximate surface area is 282 Å². The Bertz CT molecular complexity index is 971. The van der Waals surface area contributed by atoms with E-state index in [9.17, 15) is 39.1 Å². The number of amides is 2. The van der Waals surface area contributed by atoms with Gasteiger partial charge in [0, 0.05) is 61.7 Å². The predicted octanol–water partition coefficient (Wildman–Crippen LogP) is -0.265. The Morgan fingerprint density at radius 3 is 1.50 bits per heavy atom. The number of hydroxylamine groups is 4. The van der Waals surface area contributed by atoms with E-state index in [0.717, 1.165) is 10.6 Å². The molecule has 1 rings (SSSR count). The van der Waals surface area contributed by atoms with Crippen molar-refractivity contribution in [2.75, 3.05) is 53.9 Å². The molecule has 0 saturated carbocycles. The van der Waals surface area contributed by atoms with Crippen LogP contribution in [0.1, 0.15) is 31.2 Å². The van der Waals surface area contributed by atoms with Gasteiger partial charge in [-0.1, -0.05) is 30.3 Å². The molecule has 0 bridgehead atoms. The minimum atomic E-state index is -3.19. The molecular formula is C25H50N2O16P2Pd. The topological polar surface area (TPSA) is 285 Å². The van der Waals surface area contributed by atoms with Crippen molar-refractivity contribution in [3.8, 4) is 0 Å². The fraction of sp³-hybridized carbons (Fsp3) is 0.680. The molecule has 0 saturated heterocycles. The average Bonchev–Trinajstić information content (AvgIpc) is 3.01. The average molecular weight is 803 g/mol. The third kappa shape index (κ3) is 24.0. The second-order valence-electron chi connectivity index (χ2n) is 9.25. The van der Waals surface area contributed by atoms with Crippen molar-refractivity contribution in [2.24, 2.45) is 0 Å². The van der Waals surface area contributed by atoms with Crippen LogP contribution in [0.3, 0.4) is 0 Å². The number of hydrogen-bond acceptors (Lipinski definition) is 14. The molecule has 0 fully saturated rings. The van der Waals surface area contributed by atoms with Crippen molar-refractivity contribution >= 4 is 28.0 Å². The molecule has 46 heavy (non-hydrogen) atoms. The molecule has 0 radical (unpaired) electrons. The zero-order valence-corrected chi connectivity index (χ0v) is 29.6. The van der Waals surface area contributed by atoms with E-state index in [-0.39, 0.29) is 101 Å². The summed E-state index contributed by atoms with van der Waals surface area (Å²) >= 11 is 0. The largest absolute Gasteiger partial charge is 0.412 e. The quantitative estimate of drug-likeness (QED) is 0.0313. The fourth-order valence-electron chi connectivity index (χ4n) is 3.47. The van der Waals surface area contributed by atoms with Gasteiger partial charge in [-0.25, -0.2) is 10.1 Å². The second kappa shape index (κ2) is 28.8. The van der Waals surface area contributed by atoms with Crippen LogP contribution in [0.25, 0.3) is 0 Å². The predicted molar refractivity (Wildman–Crippen MR) is 161 cm³/mol. The normalized spacial score (nSPS) is 13.6. The first kappa shape index (κ1) is 51.6. The van der Waals surface area contributed by atoms with E-state index in [4.69, 9.17) is 19.1 Å². The summed E-state index contributed by atoms with van der Waals surface area (Å²) in [4.78, 5) is 26.5. The van der Waals surface area contributed by atoms with Crippen LogP contribution in [-0.4, -0.2) is 138 Å². The summed E-state index contributed by atoms with van der Waals surface area (Å²) in [6.07, 6.45) is -3.01. The standard InChI is InChI=1S/C16H26NO7P.C9H20NO7P.2H2O.Pd/c1-22-25(21,23-2)9-8-15(19)10-16(20)11-17(13-18)24-12-14-6-4-3-5-7-14;1-16-18(15,17-2)4-3-8(12)5-9(13)6-10(14)7-11;;;/h3-7,13,15-16,19-20H,8-12H2,1-2H3;7-9,12-14H,3-6H2,1-2H3;2*1H2;/t15-,16-;8-,9-;;;/m11.../s1. The first-order valence-electron chi connectivity index (χ1n) is 13.2. The first-order chi connectivity index (χ1) is 20.3. The van der Waals surface area contributed by atoms with Gasteiger partial charge in [0.25, 0.3) is 0 Å². The Kier molecular flexibility index (Phi) is 32.3. The Balaban J connectivity index is -0.000000377. The molecule has 4 atom stereocenters. The number of rotatable bonds is 23. The SMILES string of the molecule is COP(=O)(CC[C@@H](O)C[C@@H](O)CN(C=O)OCc1ccccc1)OC.COP(=O)(CC[C@@H](O)C[C@@H](O)CN(O)C=O)OC.O.O.[Pd]. The minimum Gasteiger partial charge on any atom is -0.412 e. The summed E-state index contributed by atoms with van der Waals surface area (Å²) in [6.45, 7) is -0.188. The third-order valence-electron chi connectivity index (χ3n) is 5.94. The zero-order chi connectivity index (χ0) is 32.9. The molecular weight excluding hydrogens is 753 g/mol. The van der Waals surface area contributed by atoms with Gasteiger partial charge in [-0.3, -0.25) is 28.8 Å². The van der Waals surface area contributed by atoms with Gasteiger partial charge < -0.3 is 49.5 Å². The van der Waals surface area contributed by atoms with Crippen LogP contribution < -0.4 is 0 Å². The number of aliphatic hydroxyl groups is 4. The van der Waals surface area contributed by atoms with Gasteiger partial charge in [-0.05, 0) is 18.4 Å². The fourth-order valence-corrected chi connectivity index (χ4v) is 5.72. The summed E-state index contributed by atoms with van der Waals surface area (Å²) in [5.41, 5.74) is 0.888. The van der Waals surface area contributed by atoms with E-state index in [1.807, 2.05) is 30.3 Å². The first-order valence-corrected chi connectivity index (χ1v) is 16.7. The molecule has 0 aliphatic rings. The molecule has 18 nitrogen and oxygen atoms in total. The molecule has 0 spiro atoms. The number of hydrogen-bond donors (Lipinski definition) is 5. The molecule has 1 aromatic rings. The number of nitrogens with zero attached hydrogens (tertiary/aromatic N) is 2. The molecule has 21 heteroatoms. The van der Waals surface area contributed by atoms with Crippen LogP contribution in [0, 0.1) is 0 Å². The Morgan fingerprint density at radius 1 is 0.717 bits per heavy atom. The number of benzene rings is 1. The van der Waals surface area contributed by atoms with Crippen molar-refractivity contribution in [1.29, 1.82) is 0 Å². The van der Waals surface area contributed by atoms with Gasteiger partial charge in [0.1, 0.15) is 6.61 Å². The van der Waals surface area contributed by atoms with Crippen LogP contribution in [-0.2, 0) is 68.7 Å². The van der Waals surface area contributed by atoms with Gasteiger partial charge in [0.15, 0.2) is 0 Å². The second-order valence-corrected chi connectivity index (χ2v) is 14.1. The van der Waals surface area contributed by atoms with Crippen LogP contribution in [0.4, 0.5) is 0 Å². The van der Waals surface area contributed by atoms with Crippen LogP contribution in [0.2, 0.25) is 0 Å². The van der Waals surface area contributed by atoms with E-state index >= 15 is 0 Å². The summed E-state index contributed by atoms with van der Waals surface area (Å²) < 4.78 is 42.5. The monoisotopic (exact) mass is 802 g/mol. The Hall–Kier alpha value is -1.20. The summed E-state index contributed by atoms with van der Waals surface area (Å²) in [5, 5.41) is 49.0.